The first-order valence-corrected chi connectivity index (χ1v) is 7.64. The standard InChI is InChI=1S/C16H18F2N2O4/c1-2-24-16(23)10-5-7-20(8-6-10)15(22)14(21)19-13-9-11(17)3-4-12(13)18/h3-4,9-10H,2,5-8H2,1H3,(H,19,21). The molecule has 1 aromatic rings. The van der Waals surface area contributed by atoms with E-state index >= 15 is 0 Å². The quantitative estimate of drug-likeness (QED) is 0.671. The minimum absolute atomic E-state index is 0.224. The van der Waals surface area contributed by atoms with Gasteiger partial charge in [-0.2, -0.15) is 0 Å². The number of ether oxygens (including phenoxy) is 1. The molecule has 6 nitrogen and oxygen atoms in total. The summed E-state index contributed by atoms with van der Waals surface area (Å²) in [6.07, 6.45) is 0.790. The van der Waals surface area contributed by atoms with Gasteiger partial charge in [-0.15, -0.1) is 0 Å². The molecule has 0 saturated carbocycles. The summed E-state index contributed by atoms with van der Waals surface area (Å²) in [6.45, 7) is 2.45. The summed E-state index contributed by atoms with van der Waals surface area (Å²) in [6, 6.07) is 2.57. The highest BCUT2D eigenvalue weighted by atomic mass is 19.1. The van der Waals surface area contributed by atoms with Crippen LogP contribution in [0.15, 0.2) is 18.2 Å². The third kappa shape index (κ3) is 4.27. The van der Waals surface area contributed by atoms with Gasteiger partial charge in [0.15, 0.2) is 0 Å². The number of nitrogens with one attached hydrogen (secondary N) is 1. The van der Waals surface area contributed by atoms with Crippen LogP contribution < -0.4 is 5.32 Å². The second-order valence-corrected chi connectivity index (χ2v) is 5.40. The average Bonchev–Trinajstić information content (AvgIpc) is 2.57. The molecular weight excluding hydrogens is 322 g/mol. The Morgan fingerprint density at radius 1 is 1.25 bits per heavy atom. The molecule has 130 valence electrons. The summed E-state index contributed by atoms with van der Waals surface area (Å²) in [5.74, 6) is -4.06. The fourth-order valence-corrected chi connectivity index (χ4v) is 2.49. The van der Waals surface area contributed by atoms with E-state index in [-0.39, 0.29) is 25.0 Å². The highest BCUT2D eigenvalue weighted by Crippen LogP contribution is 2.20. The number of esters is 1. The third-order valence-electron chi connectivity index (χ3n) is 3.77. The summed E-state index contributed by atoms with van der Waals surface area (Å²) < 4.78 is 31.5. The molecule has 0 spiro atoms. The number of halogens is 2. The Morgan fingerprint density at radius 2 is 1.92 bits per heavy atom. The van der Waals surface area contributed by atoms with Crippen LogP contribution >= 0.6 is 0 Å². The highest BCUT2D eigenvalue weighted by molar-refractivity contribution is 6.39. The Kier molecular flexibility index (Phi) is 5.83. The number of anilines is 1. The molecule has 0 aliphatic carbocycles. The van der Waals surface area contributed by atoms with Gasteiger partial charge in [0, 0.05) is 19.2 Å². The summed E-state index contributed by atoms with van der Waals surface area (Å²) >= 11 is 0. The fraction of sp³-hybridized carbons (Fsp3) is 0.438. The molecule has 0 aromatic heterocycles. The van der Waals surface area contributed by atoms with E-state index in [0.717, 1.165) is 18.2 Å². The normalized spacial score (nSPS) is 15.0. The van der Waals surface area contributed by atoms with Crippen LogP contribution in [0.5, 0.6) is 0 Å². The molecule has 0 radical (unpaired) electrons. The summed E-state index contributed by atoms with van der Waals surface area (Å²) in [7, 11) is 0. The molecule has 0 bridgehead atoms. The van der Waals surface area contributed by atoms with Crippen molar-refractivity contribution in [2.75, 3.05) is 25.0 Å². The molecule has 1 saturated heterocycles. The largest absolute Gasteiger partial charge is 0.466 e. The van der Waals surface area contributed by atoms with E-state index in [1.54, 1.807) is 6.92 Å². The van der Waals surface area contributed by atoms with E-state index in [4.69, 9.17) is 4.74 Å². The number of benzene rings is 1. The highest BCUT2D eigenvalue weighted by Gasteiger charge is 2.31. The topological polar surface area (TPSA) is 75.7 Å². The smallest absolute Gasteiger partial charge is 0.313 e. The molecule has 24 heavy (non-hydrogen) atoms. The van der Waals surface area contributed by atoms with E-state index < -0.39 is 29.1 Å². The zero-order valence-corrected chi connectivity index (χ0v) is 13.2. The summed E-state index contributed by atoms with van der Waals surface area (Å²) in [5, 5.41) is 2.07. The number of carbonyl (C=O) groups is 3. The molecule has 1 N–H and O–H groups in total. The van der Waals surface area contributed by atoms with E-state index in [2.05, 4.69) is 5.32 Å². The Bertz CT molecular complexity index is 643. The van der Waals surface area contributed by atoms with Gasteiger partial charge in [0.25, 0.3) is 0 Å². The van der Waals surface area contributed by atoms with Crippen LogP contribution in [-0.2, 0) is 19.1 Å². The zero-order valence-electron chi connectivity index (χ0n) is 13.2. The van der Waals surface area contributed by atoms with Gasteiger partial charge in [-0.05, 0) is 31.9 Å². The first-order chi connectivity index (χ1) is 11.4. The van der Waals surface area contributed by atoms with Gasteiger partial charge in [0.1, 0.15) is 11.6 Å². The van der Waals surface area contributed by atoms with Crippen molar-refractivity contribution in [3.05, 3.63) is 29.8 Å². The van der Waals surface area contributed by atoms with Crippen LogP contribution in [0, 0.1) is 17.6 Å². The molecule has 0 atom stereocenters. The first kappa shape index (κ1) is 17.8. The van der Waals surface area contributed by atoms with Crippen molar-refractivity contribution in [1.29, 1.82) is 0 Å². The van der Waals surface area contributed by atoms with Crippen LogP contribution in [-0.4, -0.2) is 42.4 Å². The van der Waals surface area contributed by atoms with Crippen molar-refractivity contribution in [3.8, 4) is 0 Å². The monoisotopic (exact) mass is 340 g/mol. The fourth-order valence-electron chi connectivity index (χ4n) is 2.49. The number of likely N-dealkylation sites (tertiary alicyclic amines) is 1. The second-order valence-electron chi connectivity index (χ2n) is 5.40. The lowest BCUT2D eigenvalue weighted by Crippen LogP contribution is -2.45. The van der Waals surface area contributed by atoms with E-state index in [1.165, 1.54) is 4.90 Å². The molecule has 1 heterocycles. The molecule has 1 aliphatic rings. The Labute approximate surface area is 137 Å². The number of hydrogen-bond acceptors (Lipinski definition) is 4. The number of nitrogens with zero attached hydrogens (tertiary/aromatic N) is 1. The number of piperidine rings is 1. The Morgan fingerprint density at radius 3 is 2.54 bits per heavy atom. The van der Waals surface area contributed by atoms with Crippen molar-refractivity contribution in [2.45, 2.75) is 19.8 Å². The van der Waals surface area contributed by atoms with Gasteiger partial charge >= 0.3 is 17.8 Å². The van der Waals surface area contributed by atoms with Gasteiger partial charge in [0.2, 0.25) is 0 Å². The SMILES string of the molecule is CCOC(=O)C1CCN(C(=O)C(=O)Nc2cc(F)ccc2F)CC1. The van der Waals surface area contributed by atoms with Crippen molar-refractivity contribution < 1.29 is 27.9 Å². The van der Waals surface area contributed by atoms with Crippen LogP contribution in [0.25, 0.3) is 0 Å². The third-order valence-corrected chi connectivity index (χ3v) is 3.77. The molecule has 1 aromatic carbocycles. The molecular formula is C16H18F2N2O4. The van der Waals surface area contributed by atoms with Gasteiger partial charge < -0.3 is 15.0 Å². The van der Waals surface area contributed by atoms with Gasteiger partial charge in [-0.1, -0.05) is 0 Å². The number of hydrogen-bond donors (Lipinski definition) is 1. The Balaban J connectivity index is 1.91. The van der Waals surface area contributed by atoms with E-state index in [0.29, 0.717) is 19.4 Å². The lowest BCUT2D eigenvalue weighted by atomic mass is 9.97. The summed E-state index contributed by atoms with van der Waals surface area (Å²) in [4.78, 5) is 36.9. The summed E-state index contributed by atoms with van der Waals surface area (Å²) in [5.41, 5.74) is -0.394. The number of rotatable bonds is 3. The maximum Gasteiger partial charge on any atom is 0.313 e. The van der Waals surface area contributed by atoms with Crippen LogP contribution in [0.3, 0.4) is 0 Å². The maximum absolute atomic E-state index is 13.5. The van der Waals surface area contributed by atoms with Crippen molar-refractivity contribution in [3.63, 3.8) is 0 Å². The molecule has 0 unspecified atom stereocenters. The Hall–Kier alpha value is -2.51. The average molecular weight is 340 g/mol. The lowest BCUT2D eigenvalue weighted by Gasteiger charge is -2.30. The van der Waals surface area contributed by atoms with Crippen molar-refractivity contribution >= 4 is 23.5 Å². The van der Waals surface area contributed by atoms with Crippen LogP contribution in [0.1, 0.15) is 19.8 Å². The van der Waals surface area contributed by atoms with Crippen molar-refractivity contribution in [2.24, 2.45) is 5.92 Å². The predicted molar refractivity (Wildman–Crippen MR) is 80.9 cm³/mol. The van der Waals surface area contributed by atoms with Gasteiger partial charge in [0.05, 0.1) is 18.2 Å². The van der Waals surface area contributed by atoms with Crippen LogP contribution in [0.2, 0.25) is 0 Å². The van der Waals surface area contributed by atoms with E-state index in [9.17, 15) is 23.2 Å². The minimum atomic E-state index is -1.05. The predicted octanol–water partition coefficient (Wildman–Crippen LogP) is 1.70. The minimum Gasteiger partial charge on any atom is -0.466 e. The lowest BCUT2D eigenvalue weighted by molar-refractivity contribution is -0.152. The molecule has 1 fully saturated rings. The number of carbonyl (C=O) groups excluding carboxylic acids is 3. The van der Waals surface area contributed by atoms with E-state index in [1.807, 2.05) is 0 Å². The molecule has 8 heteroatoms. The molecule has 2 amide bonds. The van der Waals surface area contributed by atoms with Crippen molar-refractivity contribution in [1.82, 2.24) is 4.90 Å². The zero-order chi connectivity index (χ0) is 17.7. The molecule has 2 rings (SSSR count). The maximum atomic E-state index is 13.5. The number of amides is 2. The van der Waals surface area contributed by atoms with Gasteiger partial charge in [-0.25, -0.2) is 8.78 Å². The molecule has 1 aliphatic heterocycles. The van der Waals surface area contributed by atoms with Crippen LogP contribution in [0.4, 0.5) is 14.5 Å². The second kappa shape index (κ2) is 7.85. The van der Waals surface area contributed by atoms with Gasteiger partial charge in [-0.3, -0.25) is 14.4 Å². The first-order valence-electron chi connectivity index (χ1n) is 7.64.